The molecule has 0 aromatic carbocycles. The average molecular weight is 242 g/mol. The summed E-state index contributed by atoms with van der Waals surface area (Å²) >= 11 is 0. The highest BCUT2D eigenvalue weighted by Gasteiger charge is 2.39. The number of aromatic nitrogens is 1. The molecular formula is C16H22N2. The molecule has 3 aliphatic rings. The van der Waals surface area contributed by atoms with Crippen molar-refractivity contribution in [2.45, 2.75) is 57.4 Å². The van der Waals surface area contributed by atoms with Gasteiger partial charge in [-0.2, -0.15) is 0 Å². The van der Waals surface area contributed by atoms with Crippen molar-refractivity contribution in [1.82, 2.24) is 4.98 Å². The van der Waals surface area contributed by atoms with E-state index >= 15 is 0 Å². The number of hydrogen-bond donors (Lipinski definition) is 0. The van der Waals surface area contributed by atoms with Gasteiger partial charge in [0.1, 0.15) is 0 Å². The molecule has 2 heteroatoms. The number of piperidine rings is 1. The largest absolute Gasteiger partial charge is 0.368 e. The van der Waals surface area contributed by atoms with Crippen LogP contribution in [0, 0.1) is 5.92 Å². The smallest absolute Gasteiger partial charge is 0.0456 e. The first kappa shape index (κ1) is 10.8. The Bertz CT molecular complexity index is 454. The fraction of sp³-hybridized carbons (Fsp3) is 0.688. The number of aryl methyl sites for hydroxylation is 1. The average Bonchev–Trinajstić information content (AvgIpc) is 2.39. The summed E-state index contributed by atoms with van der Waals surface area (Å²) in [6.45, 7) is 1.28. The Labute approximate surface area is 109 Å². The monoisotopic (exact) mass is 242 g/mol. The minimum absolute atomic E-state index is 0.854. The van der Waals surface area contributed by atoms with Crippen LogP contribution < -0.4 is 4.90 Å². The van der Waals surface area contributed by atoms with Crippen molar-refractivity contribution in [3.05, 3.63) is 23.5 Å². The normalized spacial score (nSPS) is 30.3. The first-order valence-electron chi connectivity index (χ1n) is 7.67. The molecule has 96 valence electrons. The lowest BCUT2D eigenvalue weighted by Crippen LogP contribution is -2.51. The summed E-state index contributed by atoms with van der Waals surface area (Å²) in [5, 5.41) is 0. The zero-order valence-corrected chi connectivity index (χ0v) is 11.1. The van der Waals surface area contributed by atoms with Crippen molar-refractivity contribution in [1.29, 1.82) is 0 Å². The lowest BCUT2D eigenvalue weighted by Gasteiger charge is -2.50. The van der Waals surface area contributed by atoms with Crippen LogP contribution in [0.5, 0.6) is 0 Å². The summed E-state index contributed by atoms with van der Waals surface area (Å²) in [6, 6.07) is 3.14. The van der Waals surface area contributed by atoms with Crippen molar-refractivity contribution < 1.29 is 0 Å². The summed E-state index contributed by atoms with van der Waals surface area (Å²) < 4.78 is 0. The van der Waals surface area contributed by atoms with Crippen molar-refractivity contribution in [2.75, 3.05) is 11.4 Å². The number of hydrogen-bond acceptors (Lipinski definition) is 2. The fourth-order valence-electron chi connectivity index (χ4n) is 4.16. The van der Waals surface area contributed by atoms with E-state index in [1.807, 2.05) is 6.20 Å². The van der Waals surface area contributed by atoms with Crippen LogP contribution in [0.1, 0.15) is 49.8 Å². The molecule has 2 fully saturated rings. The molecule has 0 N–H and O–H groups in total. The van der Waals surface area contributed by atoms with Crippen LogP contribution in [0.2, 0.25) is 0 Å². The number of anilines is 1. The van der Waals surface area contributed by atoms with Crippen LogP contribution >= 0.6 is 0 Å². The predicted molar refractivity (Wildman–Crippen MR) is 74.0 cm³/mol. The van der Waals surface area contributed by atoms with Crippen molar-refractivity contribution in [3.8, 4) is 0 Å². The molecule has 2 heterocycles. The van der Waals surface area contributed by atoms with Crippen molar-refractivity contribution >= 4 is 5.69 Å². The third kappa shape index (κ3) is 1.58. The molecule has 1 aromatic rings. The van der Waals surface area contributed by atoms with Crippen LogP contribution in [0.4, 0.5) is 5.69 Å². The van der Waals surface area contributed by atoms with E-state index in [4.69, 9.17) is 0 Å². The Kier molecular flexibility index (Phi) is 2.56. The minimum atomic E-state index is 0.854. The highest BCUT2D eigenvalue weighted by Crippen LogP contribution is 2.43. The van der Waals surface area contributed by atoms with Gasteiger partial charge in [-0.3, -0.25) is 4.98 Å². The van der Waals surface area contributed by atoms with Crippen LogP contribution in [-0.4, -0.2) is 17.6 Å². The van der Waals surface area contributed by atoms with Crippen molar-refractivity contribution in [2.24, 2.45) is 5.92 Å². The second kappa shape index (κ2) is 4.25. The van der Waals surface area contributed by atoms with Gasteiger partial charge in [0.25, 0.3) is 0 Å². The van der Waals surface area contributed by atoms with E-state index in [9.17, 15) is 0 Å². The number of rotatable bonds is 1. The summed E-state index contributed by atoms with van der Waals surface area (Å²) in [4.78, 5) is 7.34. The Balaban J connectivity index is 1.71. The van der Waals surface area contributed by atoms with Crippen LogP contribution in [0.15, 0.2) is 12.3 Å². The van der Waals surface area contributed by atoms with Crippen LogP contribution in [0.3, 0.4) is 0 Å². The predicted octanol–water partition coefficient (Wildman–Crippen LogP) is 3.34. The van der Waals surface area contributed by atoms with Gasteiger partial charge in [-0.15, -0.1) is 0 Å². The van der Waals surface area contributed by atoms with E-state index in [1.54, 1.807) is 5.56 Å². The van der Waals surface area contributed by atoms with Gasteiger partial charge >= 0.3 is 0 Å². The van der Waals surface area contributed by atoms with Gasteiger partial charge in [0, 0.05) is 30.2 Å². The maximum absolute atomic E-state index is 4.61. The molecule has 0 bridgehead atoms. The standard InChI is InChI=1S/C16H22N2/c1-2-6-14-13(5-1)16(9-10-17-14)18-11-3-4-12-7-8-15(12)18/h9-10,12,15H,1-8,11H2/t12-,15+/m0/s1. The minimum Gasteiger partial charge on any atom is -0.368 e. The molecule has 0 amide bonds. The zero-order chi connectivity index (χ0) is 11.9. The molecule has 4 rings (SSSR count). The van der Waals surface area contributed by atoms with Gasteiger partial charge in [0.05, 0.1) is 0 Å². The molecular weight excluding hydrogens is 220 g/mol. The maximum Gasteiger partial charge on any atom is 0.0456 e. The third-order valence-corrected chi connectivity index (χ3v) is 5.27. The Morgan fingerprint density at radius 1 is 1.06 bits per heavy atom. The first-order valence-corrected chi connectivity index (χ1v) is 7.67. The lowest BCUT2D eigenvalue weighted by molar-refractivity contribution is 0.194. The molecule has 1 saturated heterocycles. The third-order valence-electron chi connectivity index (χ3n) is 5.27. The number of fused-ring (bicyclic) bond motifs is 2. The Hall–Kier alpha value is -1.05. The summed E-state index contributed by atoms with van der Waals surface area (Å²) in [7, 11) is 0. The van der Waals surface area contributed by atoms with E-state index < -0.39 is 0 Å². The lowest BCUT2D eigenvalue weighted by atomic mass is 9.73. The molecule has 2 atom stereocenters. The Morgan fingerprint density at radius 3 is 2.89 bits per heavy atom. The molecule has 1 saturated carbocycles. The van der Waals surface area contributed by atoms with Crippen molar-refractivity contribution in [3.63, 3.8) is 0 Å². The van der Waals surface area contributed by atoms with Gasteiger partial charge in [-0.25, -0.2) is 0 Å². The number of pyridine rings is 1. The molecule has 18 heavy (non-hydrogen) atoms. The number of nitrogens with zero attached hydrogens (tertiary/aromatic N) is 2. The quantitative estimate of drug-likeness (QED) is 0.751. The molecule has 0 unspecified atom stereocenters. The summed E-state index contributed by atoms with van der Waals surface area (Å²) in [5.74, 6) is 0.992. The zero-order valence-electron chi connectivity index (χ0n) is 11.1. The maximum atomic E-state index is 4.61. The molecule has 1 aliphatic heterocycles. The second-order valence-corrected chi connectivity index (χ2v) is 6.20. The van der Waals surface area contributed by atoms with E-state index in [1.165, 1.54) is 69.3 Å². The molecule has 1 aromatic heterocycles. The molecule has 2 nitrogen and oxygen atoms in total. The van der Waals surface area contributed by atoms with Crippen LogP contribution in [0.25, 0.3) is 0 Å². The first-order chi connectivity index (χ1) is 8.93. The molecule has 0 spiro atoms. The van der Waals surface area contributed by atoms with Gasteiger partial charge in [-0.1, -0.05) is 0 Å². The highest BCUT2D eigenvalue weighted by molar-refractivity contribution is 5.57. The van der Waals surface area contributed by atoms with E-state index in [0.717, 1.165) is 12.0 Å². The SMILES string of the molecule is c1cc(N2CCC[C@H]3CC[C@H]32)c2c(n1)CCCC2. The van der Waals surface area contributed by atoms with Gasteiger partial charge < -0.3 is 4.90 Å². The topological polar surface area (TPSA) is 16.1 Å². The highest BCUT2D eigenvalue weighted by atomic mass is 15.2. The molecule has 0 radical (unpaired) electrons. The van der Waals surface area contributed by atoms with E-state index in [2.05, 4.69) is 16.0 Å². The Morgan fingerprint density at radius 2 is 2.00 bits per heavy atom. The van der Waals surface area contributed by atoms with Gasteiger partial charge in [-0.05, 0) is 68.9 Å². The fourth-order valence-corrected chi connectivity index (χ4v) is 4.16. The van der Waals surface area contributed by atoms with Gasteiger partial charge in [0.15, 0.2) is 0 Å². The van der Waals surface area contributed by atoms with Gasteiger partial charge in [0.2, 0.25) is 0 Å². The second-order valence-electron chi connectivity index (χ2n) is 6.20. The van der Waals surface area contributed by atoms with Crippen LogP contribution in [-0.2, 0) is 12.8 Å². The van der Waals surface area contributed by atoms with E-state index in [0.29, 0.717) is 0 Å². The van der Waals surface area contributed by atoms with E-state index in [-0.39, 0.29) is 0 Å². The molecule has 2 aliphatic carbocycles. The summed E-state index contributed by atoms with van der Waals surface area (Å²) in [5.41, 5.74) is 4.51. The summed E-state index contributed by atoms with van der Waals surface area (Å²) in [6.07, 6.45) is 12.9.